The number of aryl methyl sites for hydroxylation is 1. The quantitative estimate of drug-likeness (QED) is 0.841. The molecule has 1 saturated heterocycles. The molecule has 7 heteroatoms. The van der Waals surface area contributed by atoms with Gasteiger partial charge in [-0.2, -0.15) is 0 Å². The molecule has 0 spiro atoms. The molecule has 6 nitrogen and oxygen atoms in total. The van der Waals surface area contributed by atoms with Gasteiger partial charge in [0.15, 0.2) is 0 Å². The zero-order valence-corrected chi connectivity index (χ0v) is 16.0. The number of anilines is 1. The molecule has 1 fully saturated rings. The molecule has 0 radical (unpaired) electrons. The third-order valence-electron chi connectivity index (χ3n) is 5.12. The molecule has 2 aliphatic heterocycles. The number of rotatable bonds is 3. The summed E-state index contributed by atoms with van der Waals surface area (Å²) in [5.74, 6) is 0.476. The lowest BCUT2D eigenvalue weighted by atomic mass is 9.94. The minimum atomic E-state index is -0.569. The summed E-state index contributed by atoms with van der Waals surface area (Å²) in [6, 6.07) is 7.49. The van der Waals surface area contributed by atoms with Crippen LogP contribution in [0, 0.1) is 6.92 Å². The lowest BCUT2D eigenvalue weighted by Gasteiger charge is -2.22. The summed E-state index contributed by atoms with van der Waals surface area (Å²) >= 11 is 0. The molecule has 1 amide bonds. The molecule has 27 heavy (non-hydrogen) atoms. The lowest BCUT2D eigenvalue weighted by Crippen LogP contribution is -2.28. The molecule has 1 aromatic heterocycles. The number of benzene rings is 1. The first-order valence-corrected chi connectivity index (χ1v) is 8.98. The zero-order valence-electron chi connectivity index (χ0n) is 15.2. The maximum Gasteiger partial charge on any atom is 0.349 e. The van der Waals surface area contributed by atoms with E-state index in [0.717, 1.165) is 37.1 Å². The molecule has 0 bridgehead atoms. The number of ether oxygens (including phenoxy) is 1. The molecule has 2 aromatic rings. The van der Waals surface area contributed by atoms with Crippen LogP contribution < -0.4 is 16.3 Å². The Kier molecular flexibility index (Phi) is 5.99. The summed E-state index contributed by atoms with van der Waals surface area (Å²) < 4.78 is 10.9. The third-order valence-corrected chi connectivity index (χ3v) is 5.12. The van der Waals surface area contributed by atoms with Crippen LogP contribution >= 0.6 is 12.4 Å². The van der Waals surface area contributed by atoms with Crippen molar-refractivity contribution in [1.82, 2.24) is 5.32 Å². The molecule has 4 rings (SSSR count). The number of hydrogen-bond donors (Lipinski definition) is 2. The van der Waals surface area contributed by atoms with Crippen LogP contribution in [0.5, 0.6) is 0 Å². The fourth-order valence-electron chi connectivity index (χ4n) is 3.66. The highest BCUT2D eigenvalue weighted by Gasteiger charge is 2.23. The Balaban J connectivity index is 0.00000210. The van der Waals surface area contributed by atoms with Crippen molar-refractivity contribution in [2.45, 2.75) is 38.9 Å². The van der Waals surface area contributed by atoms with Gasteiger partial charge in [0, 0.05) is 11.6 Å². The summed E-state index contributed by atoms with van der Waals surface area (Å²) in [6.07, 6.45) is 1.87. The molecule has 144 valence electrons. The van der Waals surface area contributed by atoms with E-state index in [1.165, 1.54) is 0 Å². The van der Waals surface area contributed by atoms with Crippen molar-refractivity contribution in [3.63, 3.8) is 0 Å². The molecule has 2 aliphatic rings. The van der Waals surface area contributed by atoms with Crippen molar-refractivity contribution in [3.8, 4) is 0 Å². The van der Waals surface area contributed by atoms with Crippen molar-refractivity contribution in [2.75, 3.05) is 18.4 Å². The number of hydrogen-bond acceptors (Lipinski definition) is 5. The fraction of sp³-hybridized carbons (Fsp3) is 0.400. The number of halogens is 1. The maximum atomic E-state index is 12.6. The second kappa shape index (κ2) is 8.25. The van der Waals surface area contributed by atoms with Gasteiger partial charge in [0.1, 0.15) is 11.3 Å². The van der Waals surface area contributed by atoms with Crippen molar-refractivity contribution in [3.05, 3.63) is 62.7 Å². The highest BCUT2D eigenvalue weighted by atomic mass is 35.5. The Morgan fingerprint density at radius 1 is 1.15 bits per heavy atom. The predicted octanol–water partition coefficient (Wildman–Crippen LogP) is 3.12. The highest BCUT2D eigenvalue weighted by Crippen LogP contribution is 2.26. The van der Waals surface area contributed by atoms with Gasteiger partial charge in [0.25, 0.3) is 5.91 Å². The van der Waals surface area contributed by atoms with Crippen molar-refractivity contribution < 1.29 is 13.9 Å². The second-order valence-electron chi connectivity index (χ2n) is 6.95. The molecule has 0 unspecified atom stereocenters. The Labute approximate surface area is 163 Å². The number of carbonyl (C=O) groups excluding carboxylic acids is 1. The summed E-state index contributed by atoms with van der Waals surface area (Å²) in [6.45, 7) is 4.76. The fourth-order valence-corrected chi connectivity index (χ4v) is 3.66. The summed E-state index contributed by atoms with van der Waals surface area (Å²) in [5.41, 5.74) is 3.00. The van der Waals surface area contributed by atoms with Gasteiger partial charge >= 0.3 is 5.63 Å². The van der Waals surface area contributed by atoms with E-state index in [1.807, 2.05) is 24.3 Å². The van der Waals surface area contributed by atoms with E-state index in [9.17, 15) is 9.59 Å². The standard InChI is InChI=1S/C20H22N2O4.ClH/c1-12-8-17(13-4-6-21-7-5-13)26-20(24)18(12)19(23)22-16-3-2-14-10-25-11-15(14)9-16;/h2-3,8-9,13,21H,4-7,10-11H2,1H3,(H,22,23);1H. The van der Waals surface area contributed by atoms with E-state index in [0.29, 0.717) is 30.2 Å². The van der Waals surface area contributed by atoms with Gasteiger partial charge in [-0.1, -0.05) is 6.07 Å². The van der Waals surface area contributed by atoms with Gasteiger partial charge in [0.2, 0.25) is 0 Å². The zero-order chi connectivity index (χ0) is 18.1. The summed E-state index contributed by atoms with van der Waals surface area (Å²) in [7, 11) is 0. The van der Waals surface area contributed by atoms with E-state index in [4.69, 9.17) is 9.15 Å². The topological polar surface area (TPSA) is 80.6 Å². The molecule has 0 atom stereocenters. The van der Waals surface area contributed by atoms with Gasteiger partial charge in [-0.3, -0.25) is 4.79 Å². The number of nitrogens with one attached hydrogen (secondary N) is 2. The SMILES string of the molecule is Cc1cc(C2CCNCC2)oc(=O)c1C(=O)Nc1ccc2c(c1)COC2.Cl. The number of fused-ring (bicyclic) bond motifs is 1. The Morgan fingerprint density at radius 3 is 2.63 bits per heavy atom. The molecule has 2 N–H and O–H groups in total. The summed E-state index contributed by atoms with van der Waals surface area (Å²) in [5, 5.41) is 6.10. The van der Waals surface area contributed by atoms with Crippen LogP contribution in [0.3, 0.4) is 0 Å². The van der Waals surface area contributed by atoms with Gasteiger partial charge < -0.3 is 19.8 Å². The van der Waals surface area contributed by atoms with Crippen molar-refractivity contribution >= 4 is 24.0 Å². The van der Waals surface area contributed by atoms with Crippen LogP contribution in [0.2, 0.25) is 0 Å². The molecular weight excluding hydrogens is 368 g/mol. The predicted molar refractivity (Wildman–Crippen MR) is 105 cm³/mol. The lowest BCUT2D eigenvalue weighted by molar-refractivity contribution is 0.102. The van der Waals surface area contributed by atoms with Crippen molar-refractivity contribution in [1.29, 1.82) is 0 Å². The third kappa shape index (κ3) is 4.08. The van der Waals surface area contributed by atoms with Gasteiger partial charge in [-0.05, 0) is 67.7 Å². The van der Waals surface area contributed by atoms with E-state index >= 15 is 0 Å². The van der Waals surface area contributed by atoms with E-state index in [2.05, 4.69) is 10.6 Å². The first-order chi connectivity index (χ1) is 12.6. The van der Waals surface area contributed by atoms with Crippen LogP contribution in [0.15, 0.2) is 33.5 Å². The average Bonchev–Trinajstić information content (AvgIpc) is 3.09. The van der Waals surface area contributed by atoms with Crippen LogP contribution in [-0.4, -0.2) is 19.0 Å². The van der Waals surface area contributed by atoms with Gasteiger partial charge in [-0.25, -0.2) is 4.79 Å². The molecule has 0 saturated carbocycles. The smallest absolute Gasteiger partial charge is 0.349 e. The normalized spacial score (nSPS) is 16.5. The average molecular weight is 391 g/mol. The van der Waals surface area contributed by atoms with Crippen LogP contribution in [0.4, 0.5) is 5.69 Å². The van der Waals surface area contributed by atoms with E-state index in [-0.39, 0.29) is 23.9 Å². The Bertz CT molecular complexity index is 903. The van der Waals surface area contributed by atoms with Crippen LogP contribution in [0.1, 0.15) is 51.6 Å². The molecular formula is C20H23ClN2O4. The largest absolute Gasteiger partial charge is 0.427 e. The van der Waals surface area contributed by atoms with E-state index < -0.39 is 11.5 Å². The minimum absolute atomic E-state index is 0. The minimum Gasteiger partial charge on any atom is -0.427 e. The van der Waals surface area contributed by atoms with Crippen LogP contribution in [0.25, 0.3) is 0 Å². The van der Waals surface area contributed by atoms with Crippen molar-refractivity contribution in [2.24, 2.45) is 0 Å². The van der Waals surface area contributed by atoms with Gasteiger partial charge in [0.05, 0.1) is 13.2 Å². The van der Waals surface area contributed by atoms with Crippen LogP contribution in [-0.2, 0) is 18.0 Å². The number of piperidine rings is 1. The first-order valence-electron chi connectivity index (χ1n) is 8.98. The summed E-state index contributed by atoms with van der Waals surface area (Å²) in [4.78, 5) is 25.1. The first kappa shape index (κ1) is 19.6. The molecule has 1 aromatic carbocycles. The second-order valence-corrected chi connectivity index (χ2v) is 6.95. The Hall–Kier alpha value is -2.15. The monoisotopic (exact) mass is 390 g/mol. The molecule has 0 aliphatic carbocycles. The Morgan fingerprint density at radius 2 is 1.89 bits per heavy atom. The number of amides is 1. The molecule has 3 heterocycles. The van der Waals surface area contributed by atoms with Gasteiger partial charge in [-0.15, -0.1) is 12.4 Å². The number of carbonyl (C=O) groups is 1. The maximum absolute atomic E-state index is 12.6. The highest BCUT2D eigenvalue weighted by molar-refractivity contribution is 6.04. The van der Waals surface area contributed by atoms with E-state index in [1.54, 1.807) is 6.92 Å².